The summed E-state index contributed by atoms with van der Waals surface area (Å²) in [5, 5.41) is 0. The number of ether oxygens (including phenoxy) is 1. The van der Waals surface area contributed by atoms with Gasteiger partial charge in [0.15, 0.2) is 5.75 Å². The van der Waals surface area contributed by atoms with E-state index in [2.05, 4.69) is 4.98 Å². The number of aromatic nitrogens is 2. The van der Waals surface area contributed by atoms with E-state index in [-0.39, 0.29) is 0 Å². The van der Waals surface area contributed by atoms with Crippen LogP contribution in [0.1, 0.15) is 5.56 Å². The van der Waals surface area contributed by atoms with Crippen molar-refractivity contribution in [2.24, 2.45) is 7.05 Å². The summed E-state index contributed by atoms with van der Waals surface area (Å²) in [4.78, 5) is 4.06. The summed E-state index contributed by atoms with van der Waals surface area (Å²) < 4.78 is 7.35. The van der Waals surface area contributed by atoms with E-state index in [1.807, 2.05) is 38.4 Å². The zero-order valence-corrected chi connectivity index (χ0v) is 8.77. The van der Waals surface area contributed by atoms with Gasteiger partial charge >= 0.3 is 6.01 Å². The van der Waals surface area contributed by atoms with Gasteiger partial charge in [-0.1, -0.05) is 6.07 Å². The van der Waals surface area contributed by atoms with Gasteiger partial charge in [-0.05, 0) is 24.6 Å². The molecule has 1 aromatic heterocycles. The molecule has 0 spiro atoms. The van der Waals surface area contributed by atoms with E-state index in [9.17, 15) is 0 Å². The van der Waals surface area contributed by atoms with E-state index < -0.39 is 0 Å². The van der Waals surface area contributed by atoms with Gasteiger partial charge in [0.1, 0.15) is 0 Å². The summed E-state index contributed by atoms with van der Waals surface area (Å²) in [6.07, 6.45) is 3.50. The van der Waals surface area contributed by atoms with E-state index >= 15 is 0 Å². The number of rotatable bonds is 2. The van der Waals surface area contributed by atoms with E-state index in [1.165, 1.54) is 0 Å². The molecule has 0 radical (unpaired) electrons. The Bertz CT molecular complexity index is 476. The Morgan fingerprint density at radius 2 is 2.20 bits per heavy atom. The number of imidazole rings is 1. The Kier molecular flexibility index (Phi) is 2.33. The van der Waals surface area contributed by atoms with Crippen LogP contribution in [0, 0.1) is 6.92 Å². The fourth-order valence-electron chi connectivity index (χ4n) is 1.31. The van der Waals surface area contributed by atoms with Crippen molar-refractivity contribution in [2.45, 2.75) is 6.92 Å². The summed E-state index contributed by atoms with van der Waals surface area (Å²) in [6.45, 7) is 1.99. The molecule has 78 valence electrons. The first-order valence-electron chi connectivity index (χ1n) is 4.68. The van der Waals surface area contributed by atoms with Crippen molar-refractivity contribution in [3.05, 3.63) is 36.2 Å². The molecule has 0 atom stereocenters. The minimum atomic E-state index is 0.533. The van der Waals surface area contributed by atoms with Gasteiger partial charge < -0.3 is 15.0 Å². The Hall–Kier alpha value is -1.97. The molecule has 0 bridgehead atoms. The van der Waals surface area contributed by atoms with Crippen LogP contribution in [0.15, 0.2) is 30.6 Å². The zero-order valence-electron chi connectivity index (χ0n) is 8.77. The smallest absolute Gasteiger partial charge is 0.301 e. The largest absolute Gasteiger partial charge is 0.423 e. The number of nitrogens with two attached hydrogens (primary N) is 1. The quantitative estimate of drug-likeness (QED) is 0.760. The van der Waals surface area contributed by atoms with Crippen LogP contribution in [0.25, 0.3) is 0 Å². The average Bonchev–Trinajstić information content (AvgIpc) is 2.57. The summed E-state index contributed by atoms with van der Waals surface area (Å²) in [5.74, 6) is 0.634. The lowest BCUT2D eigenvalue weighted by molar-refractivity contribution is 0.426. The van der Waals surface area contributed by atoms with E-state index in [1.54, 1.807) is 10.8 Å². The van der Waals surface area contributed by atoms with E-state index in [0.717, 1.165) is 5.56 Å². The number of hydrogen-bond donors (Lipinski definition) is 1. The number of hydrogen-bond acceptors (Lipinski definition) is 3. The van der Waals surface area contributed by atoms with Crippen molar-refractivity contribution < 1.29 is 4.74 Å². The molecule has 4 nitrogen and oxygen atoms in total. The standard InChI is InChI=1S/C11H13N3O/c1-8-3-4-10(9(12)7-8)15-11-13-5-6-14(11)2/h3-7H,12H2,1-2H3. The van der Waals surface area contributed by atoms with Crippen LogP contribution in [-0.2, 0) is 7.05 Å². The van der Waals surface area contributed by atoms with Crippen molar-refractivity contribution in [2.75, 3.05) is 5.73 Å². The zero-order chi connectivity index (χ0) is 10.8. The number of anilines is 1. The van der Waals surface area contributed by atoms with E-state index in [0.29, 0.717) is 17.4 Å². The lowest BCUT2D eigenvalue weighted by Crippen LogP contribution is -1.97. The second kappa shape index (κ2) is 3.65. The normalized spacial score (nSPS) is 10.3. The number of aryl methyl sites for hydroxylation is 2. The van der Waals surface area contributed by atoms with Gasteiger partial charge in [-0.15, -0.1) is 0 Å². The highest BCUT2D eigenvalue weighted by Gasteiger charge is 2.05. The highest BCUT2D eigenvalue weighted by atomic mass is 16.5. The highest BCUT2D eigenvalue weighted by molar-refractivity contribution is 5.54. The minimum absolute atomic E-state index is 0.533. The molecule has 2 rings (SSSR count). The molecular weight excluding hydrogens is 190 g/mol. The summed E-state index contributed by atoms with van der Waals surface area (Å²) in [6, 6.07) is 6.21. The van der Waals surface area contributed by atoms with Crippen LogP contribution in [-0.4, -0.2) is 9.55 Å². The monoisotopic (exact) mass is 203 g/mol. The predicted octanol–water partition coefficient (Wildman–Crippen LogP) is 2.10. The lowest BCUT2D eigenvalue weighted by atomic mass is 10.2. The van der Waals surface area contributed by atoms with Crippen molar-refractivity contribution in [3.63, 3.8) is 0 Å². The van der Waals surface area contributed by atoms with Gasteiger partial charge in [0, 0.05) is 19.4 Å². The molecule has 0 saturated carbocycles. The first-order chi connectivity index (χ1) is 7.16. The second-order valence-electron chi connectivity index (χ2n) is 3.46. The maximum atomic E-state index is 5.83. The van der Waals surface area contributed by atoms with Gasteiger partial charge in [0.05, 0.1) is 5.69 Å². The molecule has 2 N–H and O–H groups in total. The molecule has 1 heterocycles. The molecule has 4 heteroatoms. The topological polar surface area (TPSA) is 53.1 Å². The molecule has 0 amide bonds. The van der Waals surface area contributed by atoms with Gasteiger partial charge in [0.2, 0.25) is 0 Å². The molecule has 0 fully saturated rings. The molecule has 0 aliphatic heterocycles. The fourth-order valence-corrected chi connectivity index (χ4v) is 1.31. The summed E-state index contributed by atoms with van der Waals surface area (Å²) >= 11 is 0. The van der Waals surface area contributed by atoms with Gasteiger partial charge in [-0.3, -0.25) is 0 Å². The third-order valence-electron chi connectivity index (χ3n) is 2.14. The molecule has 0 aliphatic rings. The molecule has 2 aromatic rings. The van der Waals surface area contributed by atoms with Gasteiger partial charge in [-0.25, -0.2) is 4.98 Å². The fraction of sp³-hybridized carbons (Fsp3) is 0.182. The van der Waals surface area contributed by atoms with Crippen LogP contribution < -0.4 is 10.5 Å². The molecule has 0 unspecified atom stereocenters. The highest BCUT2D eigenvalue weighted by Crippen LogP contribution is 2.26. The third-order valence-corrected chi connectivity index (χ3v) is 2.14. The van der Waals surface area contributed by atoms with Crippen LogP contribution in [0.4, 0.5) is 5.69 Å². The Morgan fingerprint density at radius 3 is 2.80 bits per heavy atom. The Morgan fingerprint density at radius 1 is 1.40 bits per heavy atom. The van der Waals surface area contributed by atoms with Crippen molar-refractivity contribution in [3.8, 4) is 11.8 Å². The number of benzene rings is 1. The molecule has 0 aliphatic carbocycles. The van der Waals surface area contributed by atoms with Gasteiger partial charge in [0.25, 0.3) is 0 Å². The second-order valence-corrected chi connectivity index (χ2v) is 3.46. The molecular formula is C11H13N3O. The van der Waals surface area contributed by atoms with Crippen molar-refractivity contribution in [1.29, 1.82) is 0 Å². The maximum absolute atomic E-state index is 5.83. The predicted molar refractivity (Wildman–Crippen MR) is 58.9 cm³/mol. The lowest BCUT2D eigenvalue weighted by Gasteiger charge is -2.07. The molecule has 1 aromatic carbocycles. The minimum Gasteiger partial charge on any atom is -0.423 e. The first-order valence-corrected chi connectivity index (χ1v) is 4.68. The summed E-state index contributed by atoms with van der Waals surface area (Å²) in [7, 11) is 1.87. The Labute approximate surface area is 88.3 Å². The molecule has 15 heavy (non-hydrogen) atoms. The maximum Gasteiger partial charge on any atom is 0.301 e. The Balaban J connectivity index is 2.29. The third kappa shape index (κ3) is 1.93. The van der Waals surface area contributed by atoms with E-state index in [4.69, 9.17) is 10.5 Å². The van der Waals surface area contributed by atoms with Crippen LogP contribution >= 0.6 is 0 Å². The van der Waals surface area contributed by atoms with Gasteiger partial charge in [-0.2, -0.15) is 0 Å². The van der Waals surface area contributed by atoms with Crippen molar-refractivity contribution >= 4 is 5.69 Å². The van der Waals surface area contributed by atoms with Crippen LogP contribution in [0.5, 0.6) is 11.8 Å². The van der Waals surface area contributed by atoms with Crippen molar-refractivity contribution in [1.82, 2.24) is 9.55 Å². The molecule has 0 saturated heterocycles. The average molecular weight is 203 g/mol. The number of nitrogen functional groups attached to an aromatic ring is 1. The summed E-state index contributed by atoms with van der Waals surface area (Å²) in [5.41, 5.74) is 7.56. The van der Waals surface area contributed by atoms with Crippen LogP contribution in [0.3, 0.4) is 0 Å². The first kappa shape index (κ1) is 9.58. The SMILES string of the molecule is Cc1ccc(Oc2nccn2C)c(N)c1. The number of nitrogens with zero attached hydrogens (tertiary/aromatic N) is 2. The van der Waals surface area contributed by atoms with Crippen LogP contribution in [0.2, 0.25) is 0 Å².